The predicted octanol–water partition coefficient (Wildman–Crippen LogP) is 1.56. The van der Waals surface area contributed by atoms with Crippen molar-refractivity contribution in [1.82, 2.24) is 25.3 Å². The zero-order valence-corrected chi connectivity index (χ0v) is 17.8. The number of carbonyl (C=O) groups excluding carboxylic acids is 3. The molecule has 4 amide bonds. The number of methoxy groups -OCH3 is 1. The molecule has 0 radical (unpaired) electrons. The smallest absolute Gasteiger partial charge is 0.325 e. The van der Waals surface area contributed by atoms with Gasteiger partial charge in [0.05, 0.1) is 7.11 Å². The Morgan fingerprint density at radius 3 is 2.52 bits per heavy atom. The van der Waals surface area contributed by atoms with Crippen LogP contribution in [-0.2, 0) is 15.1 Å². The fourth-order valence-electron chi connectivity index (χ4n) is 4.05. The number of aryl methyl sites for hydroxylation is 1. The van der Waals surface area contributed by atoms with Gasteiger partial charge in [0, 0.05) is 19.0 Å². The van der Waals surface area contributed by atoms with E-state index in [0.717, 1.165) is 4.90 Å². The molecule has 1 aromatic heterocycles. The lowest BCUT2D eigenvalue weighted by atomic mass is 9.92. The van der Waals surface area contributed by atoms with Crippen LogP contribution in [0.3, 0.4) is 0 Å². The van der Waals surface area contributed by atoms with Gasteiger partial charge in [-0.1, -0.05) is 17.3 Å². The molecule has 2 aliphatic rings. The third-order valence-corrected chi connectivity index (χ3v) is 5.98. The van der Waals surface area contributed by atoms with Gasteiger partial charge in [-0.2, -0.15) is 4.98 Å². The van der Waals surface area contributed by atoms with E-state index in [4.69, 9.17) is 9.26 Å². The third kappa shape index (κ3) is 3.85. The maximum atomic E-state index is 13.1. The molecule has 2 aliphatic heterocycles. The van der Waals surface area contributed by atoms with E-state index in [1.165, 1.54) is 0 Å². The maximum absolute atomic E-state index is 13.1. The minimum atomic E-state index is -1.23. The Labute approximate surface area is 179 Å². The number of amides is 4. The van der Waals surface area contributed by atoms with Gasteiger partial charge in [0.25, 0.3) is 5.91 Å². The first-order valence-electron chi connectivity index (χ1n) is 10.2. The molecule has 2 aromatic rings. The molecule has 164 valence electrons. The highest BCUT2D eigenvalue weighted by atomic mass is 16.5. The van der Waals surface area contributed by atoms with Crippen LogP contribution >= 0.6 is 0 Å². The minimum Gasteiger partial charge on any atom is -0.497 e. The van der Waals surface area contributed by atoms with Crippen molar-refractivity contribution in [3.8, 4) is 5.75 Å². The van der Waals surface area contributed by atoms with E-state index in [9.17, 15) is 14.4 Å². The second kappa shape index (κ2) is 8.01. The molecule has 1 atom stereocenters. The summed E-state index contributed by atoms with van der Waals surface area (Å²) in [6.07, 6.45) is 1.38. The first-order valence-corrected chi connectivity index (χ1v) is 10.2. The summed E-state index contributed by atoms with van der Waals surface area (Å²) in [6, 6.07) is 6.33. The van der Waals surface area contributed by atoms with Gasteiger partial charge in [-0.05, 0) is 44.4 Å². The van der Waals surface area contributed by atoms with Crippen molar-refractivity contribution in [2.24, 2.45) is 0 Å². The Hall–Kier alpha value is -3.43. The molecule has 2 saturated heterocycles. The Morgan fingerprint density at radius 2 is 1.94 bits per heavy atom. The topological polar surface area (TPSA) is 118 Å². The molecule has 0 spiro atoms. The SMILES string of the molecule is COc1ccc(C2(C)NC(=O)N(CC(=O)N3CCC(c4nc(C)no4)CC3)C2=O)cc1. The average molecular weight is 427 g/mol. The molecule has 2 fully saturated rings. The first-order chi connectivity index (χ1) is 14.8. The maximum Gasteiger partial charge on any atom is 0.325 e. The number of piperidine rings is 1. The second-order valence-corrected chi connectivity index (χ2v) is 8.01. The van der Waals surface area contributed by atoms with Crippen LogP contribution < -0.4 is 10.1 Å². The molecule has 1 N–H and O–H groups in total. The number of benzene rings is 1. The number of nitrogens with zero attached hydrogens (tertiary/aromatic N) is 4. The fourth-order valence-corrected chi connectivity index (χ4v) is 4.05. The Kier molecular flexibility index (Phi) is 5.38. The predicted molar refractivity (Wildman–Crippen MR) is 108 cm³/mol. The van der Waals surface area contributed by atoms with E-state index in [1.807, 2.05) is 0 Å². The van der Waals surface area contributed by atoms with Crippen molar-refractivity contribution >= 4 is 17.8 Å². The van der Waals surface area contributed by atoms with Crippen molar-refractivity contribution in [1.29, 1.82) is 0 Å². The van der Waals surface area contributed by atoms with Gasteiger partial charge < -0.3 is 19.5 Å². The standard InChI is InChI=1S/C21H25N5O5/c1-13-22-18(31-24-13)14-8-10-25(11-9-14)17(27)12-26-19(28)21(2,23-20(26)29)15-4-6-16(30-3)7-5-15/h4-7,14H,8-12H2,1-3H3,(H,23,29). The summed E-state index contributed by atoms with van der Waals surface area (Å²) in [4.78, 5) is 45.3. The molecule has 10 heteroatoms. The number of carbonyl (C=O) groups is 3. The lowest BCUT2D eigenvalue weighted by Crippen LogP contribution is -2.46. The van der Waals surface area contributed by atoms with Gasteiger partial charge in [0.1, 0.15) is 17.8 Å². The first kappa shape index (κ1) is 20.8. The van der Waals surface area contributed by atoms with Crippen molar-refractivity contribution < 1.29 is 23.6 Å². The monoisotopic (exact) mass is 427 g/mol. The number of hydrogen-bond acceptors (Lipinski definition) is 7. The van der Waals surface area contributed by atoms with Gasteiger partial charge in [-0.25, -0.2) is 4.79 Å². The minimum absolute atomic E-state index is 0.111. The van der Waals surface area contributed by atoms with E-state index in [0.29, 0.717) is 49.0 Å². The summed E-state index contributed by atoms with van der Waals surface area (Å²) < 4.78 is 10.4. The van der Waals surface area contributed by atoms with Crippen molar-refractivity contribution in [2.75, 3.05) is 26.7 Å². The average Bonchev–Trinajstić information content (AvgIpc) is 3.31. The van der Waals surface area contributed by atoms with Crippen LogP contribution in [0.2, 0.25) is 0 Å². The number of ether oxygens (including phenoxy) is 1. The Balaban J connectivity index is 1.39. The Bertz CT molecular complexity index is 996. The zero-order chi connectivity index (χ0) is 22.2. The van der Waals surface area contributed by atoms with Crippen LogP contribution in [0.4, 0.5) is 4.79 Å². The number of likely N-dealkylation sites (tertiary alicyclic amines) is 1. The van der Waals surface area contributed by atoms with Crippen molar-refractivity contribution in [3.05, 3.63) is 41.5 Å². The summed E-state index contributed by atoms with van der Waals surface area (Å²) >= 11 is 0. The molecular formula is C21H25N5O5. The lowest BCUT2D eigenvalue weighted by Gasteiger charge is -2.31. The number of rotatable bonds is 5. The number of imide groups is 1. The summed E-state index contributed by atoms with van der Waals surface area (Å²) in [7, 11) is 1.55. The molecule has 4 rings (SSSR count). The van der Waals surface area contributed by atoms with Gasteiger partial charge >= 0.3 is 6.03 Å². The van der Waals surface area contributed by atoms with Gasteiger partial charge in [-0.3, -0.25) is 14.5 Å². The van der Waals surface area contributed by atoms with E-state index >= 15 is 0 Å². The highest BCUT2D eigenvalue weighted by Crippen LogP contribution is 2.31. The van der Waals surface area contributed by atoms with Crippen LogP contribution in [0.15, 0.2) is 28.8 Å². The molecule has 3 heterocycles. The van der Waals surface area contributed by atoms with E-state index in [2.05, 4.69) is 15.5 Å². The molecule has 0 saturated carbocycles. The summed E-state index contributed by atoms with van der Waals surface area (Å²) in [6.45, 7) is 4.12. The highest BCUT2D eigenvalue weighted by Gasteiger charge is 2.49. The largest absolute Gasteiger partial charge is 0.497 e. The molecule has 1 unspecified atom stereocenters. The fraction of sp³-hybridized carbons (Fsp3) is 0.476. The molecule has 10 nitrogen and oxygen atoms in total. The highest BCUT2D eigenvalue weighted by molar-refractivity contribution is 6.09. The van der Waals surface area contributed by atoms with Gasteiger partial charge in [-0.15, -0.1) is 0 Å². The summed E-state index contributed by atoms with van der Waals surface area (Å²) in [5.74, 6) is 1.23. The molecule has 0 bridgehead atoms. The van der Waals surface area contributed by atoms with Crippen molar-refractivity contribution in [2.45, 2.75) is 38.1 Å². The van der Waals surface area contributed by atoms with E-state index < -0.39 is 17.5 Å². The summed E-state index contributed by atoms with van der Waals surface area (Å²) in [5.41, 5.74) is -0.607. The van der Waals surface area contributed by atoms with Crippen molar-refractivity contribution in [3.63, 3.8) is 0 Å². The van der Waals surface area contributed by atoms with Gasteiger partial charge in [0.2, 0.25) is 11.8 Å². The normalized spacial score (nSPS) is 22.0. The third-order valence-electron chi connectivity index (χ3n) is 5.98. The number of aromatic nitrogens is 2. The van der Waals surface area contributed by atoms with Crippen LogP contribution in [0.1, 0.15) is 43.0 Å². The van der Waals surface area contributed by atoms with Crippen LogP contribution in [0, 0.1) is 6.92 Å². The molecule has 0 aliphatic carbocycles. The van der Waals surface area contributed by atoms with Gasteiger partial charge in [0.15, 0.2) is 5.82 Å². The molecule has 1 aromatic carbocycles. The lowest BCUT2D eigenvalue weighted by molar-refractivity contribution is -0.139. The number of urea groups is 1. The zero-order valence-electron chi connectivity index (χ0n) is 17.8. The quantitative estimate of drug-likeness (QED) is 0.720. The van der Waals surface area contributed by atoms with Crippen LogP contribution in [0.25, 0.3) is 0 Å². The molecular weight excluding hydrogens is 402 g/mol. The summed E-state index contributed by atoms with van der Waals surface area (Å²) in [5, 5.41) is 6.54. The number of hydrogen-bond donors (Lipinski definition) is 1. The van der Waals surface area contributed by atoms with E-state index in [-0.39, 0.29) is 18.4 Å². The van der Waals surface area contributed by atoms with E-state index in [1.54, 1.807) is 50.1 Å². The number of nitrogens with one attached hydrogen (secondary N) is 1. The molecule has 31 heavy (non-hydrogen) atoms. The Morgan fingerprint density at radius 1 is 1.26 bits per heavy atom. The second-order valence-electron chi connectivity index (χ2n) is 8.01. The van der Waals surface area contributed by atoms with Crippen LogP contribution in [-0.4, -0.2) is 64.5 Å². The van der Waals surface area contributed by atoms with Crippen LogP contribution in [0.5, 0.6) is 5.75 Å².